The molecule has 0 radical (unpaired) electrons. The number of methoxy groups -OCH3 is 1. The molecule has 10 heteroatoms. The lowest BCUT2D eigenvalue weighted by atomic mass is 10.2. The van der Waals surface area contributed by atoms with E-state index in [1.807, 2.05) is 0 Å². The van der Waals surface area contributed by atoms with Crippen LogP contribution in [0.2, 0.25) is 0 Å². The van der Waals surface area contributed by atoms with Crippen LogP contribution < -0.4 is 15.4 Å². The van der Waals surface area contributed by atoms with E-state index in [-0.39, 0.29) is 35.8 Å². The summed E-state index contributed by atoms with van der Waals surface area (Å²) in [6, 6.07) is 10.4. The predicted octanol–water partition coefficient (Wildman–Crippen LogP) is 1.80. The fraction of sp³-hybridized carbons (Fsp3) is 0.222. The van der Waals surface area contributed by atoms with Gasteiger partial charge < -0.3 is 25.2 Å². The lowest BCUT2D eigenvalue weighted by Crippen LogP contribution is -2.22. The van der Waals surface area contributed by atoms with Crippen molar-refractivity contribution in [3.8, 4) is 5.75 Å². The number of aliphatic hydroxyl groups is 1. The third kappa shape index (κ3) is 5.42. The molecule has 0 heterocycles. The van der Waals surface area contributed by atoms with Gasteiger partial charge in [0.05, 0.1) is 30.3 Å². The first-order chi connectivity index (χ1) is 13.5. The highest BCUT2D eigenvalue weighted by molar-refractivity contribution is 5.99. The molecular formula is C18H19N3O7. The molecule has 0 aromatic heterocycles. The zero-order valence-corrected chi connectivity index (χ0v) is 15.0. The molecule has 0 spiro atoms. The van der Waals surface area contributed by atoms with Gasteiger partial charge in [-0.3, -0.25) is 14.9 Å². The minimum Gasteiger partial charge on any atom is -0.496 e. The van der Waals surface area contributed by atoms with Crippen LogP contribution in [0.4, 0.5) is 17.1 Å². The first-order valence-corrected chi connectivity index (χ1v) is 8.19. The van der Waals surface area contributed by atoms with Gasteiger partial charge in [-0.1, -0.05) is 12.1 Å². The number of anilines is 2. The Kier molecular flexibility index (Phi) is 7.28. The average molecular weight is 389 g/mol. The van der Waals surface area contributed by atoms with Crippen LogP contribution in [-0.2, 0) is 9.53 Å². The zero-order valence-electron chi connectivity index (χ0n) is 15.0. The number of nitrogens with one attached hydrogen (secondary N) is 2. The molecule has 0 fully saturated rings. The Labute approximate surface area is 160 Å². The van der Waals surface area contributed by atoms with E-state index in [2.05, 4.69) is 10.6 Å². The molecule has 0 saturated carbocycles. The van der Waals surface area contributed by atoms with Crippen molar-refractivity contribution in [2.45, 2.75) is 0 Å². The number of benzene rings is 2. The maximum Gasteiger partial charge on any atom is 0.340 e. The Morgan fingerprint density at radius 1 is 1.18 bits per heavy atom. The first kappa shape index (κ1) is 20.6. The van der Waals surface area contributed by atoms with E-state index < -0.39 is 23.4 Å². The molecule has 0 bridgehead atoms. The maximum absolute atomic E-state index is 12.2. The normalized spacial score (nSPS) is 10.1. The van der Waals surface area contributed by atoms with E-state index in [1.54, 1.807) is 18.2 Å². The van der Waals surface area contributed by atoms with Crippen LogP contribution in [0.5, 0.6) is 5.75 Å². The smallest absolute Gasteiger partial charge is 0.340 e. The van der Waals surface area contributed by atoms with Crippen LogP contribution in [0.15, 0.2) is 42.5 Å². The van der Waals surface area contributed by atoms with Gasteiger partial charge in [-0.05, 0) is 24.3 Å². The fourth-order valence-corrected chi connectivity index (χ4v) is 2.30. The zero-order chi connectivity index (χ0) is 20.5. The van der Waals surface area contributed by atoms with Crippen molar-refractivity contribution in [1.29, 1.82) is 0 Å². The monoisotopic (exact) mass is 389 g/mol. The second kappa shape index (κ2) is 9.88. The number of esters is 1. The molecule has 0 unspecified atom stereocenters. The molecule has 3 N–H and O–H groups in total. The predicted molar refractivity (Wildman–Crippen MR) is 101 cm³/mol. The summed E-state index contributed by atoms with van der Waals surface area (Å²) in [7, 11) is 1.37. The Hall–Kier alpha value is -3.66. The number of nitro groups is 1. The van der Waals surface area contributed by atoms with Crippen molar-refractivity contribution in [3.05, 3.63) is 58.1 Å². The molecule has 2 rings (SSSR count). The van der Waals surface area contributed by atoms with Gasteiger partial charge in [-0.2, -0.15) is 0 Å². The molecule has 10 nitrogen and oxygen atoms in total. The van der Waals surface area contributed by atoms with Crippen LogP contribution in [0.3, 0.4) is 0 Å². The van der Waals surface area contributed by atoms with Crippen LogP contribution >= 0.6 is 0 Å². The maximum atomic E-state index is 12.2. The molecule has 0 aliphatic rings. The summed E-state index contributed by atoms with van der Waals surface area (Å²) in [5.41, 5.74) is 0.251. The van der Waals surface area contributed by atoms with Gasteiger partial charge in [-0.15, -0.1) is 0 Å². The highest BCUT2D eigenvalue weighted by Gasteiger charge is 2.19. The number of para-hydroxylation sites is 1. The van der Waals surface area contributed by atoms with Crippen molar-refractivity contribution in [2.24, 2.45) is 0 Å². The van der Waals surface area contributed by atoms with Gasteiger partial charge in [0.25, 0.3) is 11.6 Å². The van der Waals surface area contributed by atoms with Crippen LogP contribution in [0.1, 0.15) is 10.4 Å². The van der Waals surface area contributed by atoms with Gasteiger partial charge in [0.15, 0.2) is 6.61 Å². The molecule has 0 aliphatic carbocycles. The quantitative estimate of drug-likeness (QED) is 0.335. The minimum atomic E-state index is -0.750. The molecule has 2 aromatic carbocycles. The lowest BCUT2D eigenvalue weighted by Gasteiger charge is -2.11. The van der Waals surface area contributed by atoms with E-state index >= 15 is 0 Å². The van der Waals surface area contributed by atoms with Crippen LogP contribution in [0.25, 0.3) is 0 Å². The van der Waals surface area contributed by atoms with Crippen molar-refractivity contribution < 1.29 is 29.1 Å². The topological polar surface area (TPSA) is 140 Å². The molecule has 1 amide bonds. The van der Waals surface area contributed by atoms with Crippen molar-refractivity contribution in [1.82, 2.24) is 0 Å². The van der Waals surface area contributed by atoms with Gasteiger partial charge >= 0.3 is 5.97 Å². The summed E-state index contributed by atoms with van der Waals surface area (Å²) in [5, 5.41) is 25.2. The molecule has 0 aliphatic heterocycles. The van der Waals surface area contributed by atoms with Gasteiger partial charge in [-0.25, -0.2) is 4.79 Å². The largest absolute Gasteiger partial charge is 0.496 e. The number of hydrogen-bond donors (Lipinski definition) is 3. The van der Waals surface area contributed by atoms with E-state index in [0.29, 0.717) is 5.69 Å². The summed E-state index contributed by atoms with van der Waals surface area (Å²) in [6.07, 6.45) is 0. The molecule has 0 atom stereocenters. The Morgan fingerprint density at radius 3 is 2.61 bits per heavy atom. The van der Waals surface area contributed by atoms with Crippen molar-refractivity contribution >= 4 is 28.9 Å². The number of nitro benzene ring substituents is 1. The van der Waals surface area contributed by atoms with Gasteiger partial charge in [0.1, 0.15) is 11.4 Å². The summed E-state index contributed by atoms with van der Waals surface area (Å²) in [4.78, 5) is 34.7. The standard InChI is InChI=1S/C18H19N3O7/c1-27-12-6-7-15(16(10-12)21(25)26)20-17(23)11-28-18(24)13-4-2-3-5-14(13)19-8-9-22/h2-7,10,19,22H,8-9,11H2,1H3,(H,20,23). The molecule has 148 valence electrons. The van der Waals surface area contributed by atoms with Gasteiger partial charge in [0, 0.05) is 12.2 Å². The van der Waals surface area contributed by atoms with Gasteiger partial charge in [0.2, 0.25) is 0 Å². The van der Waals surface area contributed by atoms with E-state index in [4.69, 9.17) is 14.6 Å². The molecule has 0 saturated heterocycles. The van der Waals surface area contributed by atoms with E-state index in [0.717, 1.165) is 0 Å². The Balaban J connectivity index is 2.02. The summed E-state index contributed by atoms with van der Waals surface area (Å²) >= 11 is 0. The summed E-state index contributed by atoms with van der Waals surface area (Å²) in [6.45, 7) is -0.505. The first-order valence-electron chi connectivity index (χ1n) is 8.19. The van der Waals surface area contributed by atoms with E-state index in [1.165, 1.54) is 31.4 Å². The molecule has 2 aromatic rings. The number of hydrogen-bond acceptors (Lipinski definition) is 8. The van der Waals surface area contributed by atoms with Crippen LogP contribution in [-0.4, -0.2) is 48.8 Å². The van der Waals surface area contributed by atoms with Crippen molar-refractivity contribution in [3.63, 3.8) is 0 Å². The number of amides is 1. The molecule has 28 heavy (non-hydrogen) atoms. The lowest BCUT2D eigenvalue weighted by molar-refractivity contribution is -0.384. The third-order valence-electron chi connectivity index (χ3n) is 3.58. The third-order valence-corrected chi connectivity index (χ3v) is 3.58. The van der Waals surface area contributed by atoms with E-state index in [9.17, 15) is 19.7 Å². The number of carbonyl (C=O) groups excluding carboxylic acids is 2. The number of nitrogens with zero attached hydrogens (tertiary/aromatic N) is 1. The highest BCUT2D eigenvalue weighted by atomic mass is 16.6. The SMILES string of the molecule is COc1ccc(NC(=O)COC(=O)c2ccccc2NCCO)c([N+](=O)[O-])c1. The number of carbonyl (C=O) groups is 2. The average Bonchev–Trinajstić information content (AvgIpc) is 2.70. The summed E-state index contributed by atoms with van der Waals surface area (Å²) in [5.74, 6) is -1.22. The highest BCUT2D eigenvalue weighted by Crippen LogP contribution is 2.28. The molecular weight excluding hydrogens is 370 g/mol. The second-order valence-corrected chi connectivity index (χ2v) is 5.46. The number of rotatable bonds is 9. The Morgan fingerprint density at radius 2 is 1.93 bits per heavy atom. The fourth-order valence-electron chi connectivity index (χ4n) is 2.30. The minimum absolute atomic E-state index is 0.0446. The van der Waals surface area contributed by atoms with Crippen molar-refractivity contribution in [2.75, 3.05) is 37.5 Å². The van der Waals surface area contributed by atoms with Crippen LogP contribution in [0, 0.1) is 10.1 Å². The number of aliphatic hydroxyl groups excluding tert-OH is 1. The summed E-state index contributed by atoms with van der Waals surface area (Å²) < 4.78 is 9.90. The Bertz CT molecular complexity index is 870. The second-order valence-electron chi connectivity index (χ2n) is 5.46. The number of ether oxygens (including phenoxy) is 2.